The maximum absolute atomic E-state index is 12.0. The van der Waals surface area contributed by atoms with E-state index in [1.165, 1.54) is 0 Å². The quantitative estimate of drug-likeness (QED) is 0.398. The zero-order valence-corrected chi connectivity index (χ0v) is 20.8. The van der Waals surface area contributed by atoms with Crippen molar-refractivity contribution in [3.63, 3.8) is 0 Å². The number of benzene rings is 3. The highest BCUT2D eigenvalue weighted by Gasteiger charge is 2.36. The van der Waals surface area contributed by atoms with Crippen LogP contribution in [0.4, 0.5) is 4.79 Å². The molecule has 3 aromatic carbocycles. The molecule has 0 heterocycles. The smallest absolute Gasteiger partial charge is 0.488 e. The fourth-order valence-electron chi connectivity index (χ4n) is 3.38. The third-order valence-corrected chi connectivity index (χ3v) is 7.63. The van der Waals surface area contributed by atoms with Crippen molar-refractivity contribution >= 4 is 16.5 Å². The Morgan fingerprint density at radius 1 is 0.636 bits per heavy atom. The Balaban J connectivity index is 2.16. The average molecular weight is 469 g/mol. The van der Waals surface area contributed by atoms with E-state index in [9.17, 15) is 9.90 Å². The highest BCUT2D eigenvalue weighted by molar-refractivity contribution is 8.30. The summed E-state index contributed by atoms with van der Waals surface area (Å²) in [5.74, 6) is 1.41. The number of hydrogen-bond donors (Lipinski definition) is 1. The molecule has 0 bridgehead atoms. The molecule has 0 amide bonds. The lowest BCUT2D eigenvalue weighted by molar-refractivity contribution is 0.130. The lowest BCUT2D eigenvalue weighted by Crippen LogP contribution is -2.23. The van der Waals surface area contributed by atoms with Crippen molar-refractivity contribution < 1.29 is 23.6 Å². The summed E-state index contributed by atoms with van der Waals surface area (Å²) in [6.07, 6.45) is -1.33. The summed E-state index contributed by atoms with van der Waals surface area (Å²) in [5, 5.41) is 9.80. The van der Waals surface area contributed by atoms with Gasteiger partial charge in [0.2, 0.25) is 0 Å². The van der Waals surface area contributed by atoms with Crippen LogP contribution in [0.5, 0.6) is 11.5 Å². The molecule has 1 N–H and O–H groups in total. The molecule has 0 saturated heterocycles. The summed E-state index contributed by atoms with van der Waals surface area (Å²) in [6, 6.07) is 24.4. The van der Waals surface area contributed by atoms with E-state index in [2.05, 4.69) is 0 Å². The van der Waals surface area contributed by atoms with Crippen LogP contribution in [0.2, 0.25) is 0 Å². The van der Waals surface area contributed by atoms with Crippen LogP contribution in [-0.2, 0) is 4.18 Å². The van der Waals surface area contributed by atoms with E-state index in [4.69, 9.17) is 13.7 Å². The molecule has 3 rings (SSSR count). The van der Waals surface area contributed by atoms with Crippen LogP contribution >= 0.6 is 10.3 Å². The molecule has 0 unspecified atom stereocenters. The summed E-state index contributed by atoms with van der Waals surface area (Å²) >= 11 is 0. The van der Waals surface area contributed by atoms with Crippen molar-refractivity contribution in [1.82, 2.24) is 0 Å². The summed E-state index contributed by atoms with van der Waals surface area (Å²) < 4.78 is 17.7. The molecule has 0 spiro atoms. The minimum Gasteiger partial charge on any atom is -0.488 e. The minimum absolute atomic E-state index is 0.342. The van der Waals surface area contributed by atoms with Crippen LogP contribution in [-0.4, -0.2) is 22.5 Å². The molecule has 0 saturated carbocycles. The van der Waals surface area contributed by atoms with Crippen LogP contribution < -0.4 is 9.47 Å². The summed E-state index contributed by atoms with van der Waals surface area (Å²) in [6.45, 7) is 11.9. The van der Waals surface area contributed by atoms with Gasteiger partial charge >= 0.3 is 6.16 Å². The molecule has 5 nitrogen and oxygen atoms in total. The second kappa shape index (κ2) is 9.40. The molecule has 33 heavy (non-hydrogen) atoms. The van der Waals surface area contributed by atoms with Crippen molar-refractivity contribution in [2.45, 2.75) is 67.4 Å². The van der Waals surface area contributed by atoms with Gasteiger partial charge in [0.05, 0.1) is 0 Å². The van der Waals surface area contributed by atoms with E-state index in [0.29, 0.717) is 11.5 Å². The number of hydrogen-bond acceptors (Lipinski definition) is 4. The monoisotopic (exact) mass is 468 g/mol. The van der Waals surface area contributed by atoms with Crippen LogP contribution in [0.25, 0.3) is 0 Å². The largest absolute Gasteiger partial charge is 0.517 e. The zero-order chi connectivity index (χ0) is 24.3. The predicted molar refractivity (Wildman–Crippen MR) is 132 cm³/mol. The fraction of sp³-hybridized carbons (Fsp3) is 0.296. The normalized spacial score (nSPS) is 12.7. The van der Waals surface area contributed by atoms with Crippen LogP contribution in [0, 0.1) is 0 Å². The standard InChI is InChI=1S/C27H32O5S/c1-26(2,3)30-20-12-16-23(17-13-20)33(32-25(28)29,22-10-8-7-9-11-22)24-18-14-21(15-19-24)31-27(4,5)6/h7-19H,1-6H3,(H,28,29). The second-order valence-electron chi connectivity index (χ2n) is 9.59. The van der Waals surface area contributed by atoms with E-state index in [1.807, 2.05) is 120 Å². The van der Waals surface area contributed by atoms with E-state index in [1.54, 1.807) is 0 Å². The molecule has 176 valence electrons. The Bertz CT molecular complexity index is 1000. The number of rotatable bonds is 6. The highest BCUT2D eigenvalue weighted by atomic mass is 32.3. The third-order valence-electron chi connectivity index (χ3n) is 4.43. The maximum Gasteiger partial charge on any atom is 0.517 e. The van der Waals surface area contributed by atoms with Crippen molar-refractivity contribution in [2.75, 3.05) is 0 Å². The lowest BCUT2D eigenvalue weighted by atomic mass is 10.2. The minimum atomic E-state index is -2.56. The van der Waals surface area contributed by atoms with Crippen LogP contribution in [0.3, 0.4) is 0 Å². The van der Waals surface area contributed by atoms with Gasteiger partial charge < -0.3 is 18.8 Å². The van der Waals surface area contributed by atoms with Gasteiger partial charge in [0.1, 0.15) is 22.7 Å². The van der Waals surface area contributed by atoms with Gasteiger partial charge in [-0.3, -0.25) is 0 Å². The first-order valence-corrected chi connectivity index (χ1v) is 12.3. The Morgan fingerprint density at radius 2 is 1.00 bits per heavy atom. The highest BCUT2D eigenvalue weighted by Crippen LogP contribution is 2.69. The van der Waals surface area contributed by atoms with Crippen LogP contribution in [0.15, 0.2) is 93.5 Å². The van der Waals surface area contributed by atoms with E-state index < -0.39 is 16.5 Å². The first-order valence-electron chi connectivity index (χ1n) is 10.8. The summed E-state index contributed by atoms with van der Waals surface area (Å²) in [4.78, 5) is 14.3. The molecule has 0 aliphatic rings. The van der Waals surface area contributed by atoms with Gasteiger partial charge in [0.25, 0.3) is 0 Å². The summed E-state index contributed by atoms with van der Waals surface area (Å²) in [7, 11) is -2.56. The third kappa shape index (κ3) is 6.23. The molecule has 0 fully saturated rings. The van der Waals surface area contributed by atoms with Gasteiger partial charge in [-0.15, -0.1) is 0 Å². The second-order valence-corrected chi connectivity index (χ2v) is 12.3. The molecule has 3 aromatic rings. The molecule has 0 aliphatic carbocycles. The number of carboxylic acid groups (broad SMARTS) is 1. The average Bonchev–Trinajstić information content (AvgIpc) is 2.71. The lowest BCUT2D eigenvalue weighted by Gasteiger charge is -2.38. The Morgan fingerprint density at radius 3 is 1.33 bits per heavy atom. The Hall–Kier alpha value is -3.12. The van der Waals surface area contributed by atoms with E-state index >= 15 is 0 Å². The molecular weight excluding hydrogens is 436 g/mol. The van der Waals surface area contributed by atoms with Gasteiger partial charge in [-0.1, -0.05) is 18.2 Å². The SMILES string of the molecule is CC(C)(C)Oc1ccc(S(OC(=O)O)(c2ccccc2)c2ccc(OC(C)(C)C)cc2)cc1. The van der Waals surface area contributed by atoms with Gasteiger partial charge in [-0.2, -0.15) is 0 Å². The van der Waals surface area contributed by atoms with Gasteiger partial charge in [-0.05, 0) is 113 Å². The topological polar surface area (TPSA) is 65.0 Å². The molecular formula is C27H32O5S. The van der Waals surface area contributed by atoms with Gasteiger partial charge in [0.15, 0.2) is 0 Å². The maximum atomic E-state index is 12.0. The van der Waals surface area contributed by atoms with Crippen LogP contribution in [0.1, 0.15) is 41.5 Å². The summed E-state index contributed by atoms with van der Waals surface area (Å²) in [5.41, 5.74) is -0.684. The van der Waals surface area contributed by atoms with Gasteiger partial charge in [-0.25, -0.2) is 4.79 Å². The van der Waals surface area contributed by atoms with Crippen molar-refractivity contribution in [1.29, 1.82) is 0 Å². The number of carbonyl (C=O) groups is 1. The Kier molecular flexibility index (Phi) is 6.98. The van der Waals surface area contributed by atoms with Gasteiger partial charge in [0, 0.05) is 14.7 Å². The first kappa shape index (κ1) is 24.5. The molecule has 0 atom stereocenters. The van der Waals surface area contributed by atoms with Crippen molar-refractivity contribution in [2.24, 2.45) is 0 Å². The van der Waals surface area contributed by atoms with E-state index in [0.717, 1.165) is 14.7 Å². The zero-order valence-electron chi connectivity index (χ0n) is 20.0. The first-order chi connectivity index (χ1) is 15.4. The fourth-order valence-corrected chi connectivity index (χ4v) is 6.28. The molecule has 0 radical (unpaired) electrons. The molecule has 6 heteroatoms. The number of ether oxygens (including phenoxy) is 2. The molecule has 0 aromatic heterocycles. The van der Waals surface area contributed by atoms with Crippen molar-refractivity contribution in [3.05, 3.63) is 78.9 Å². The molecule has 0 aliphatic heterocycles. The van der Waals surface area contributed by atoms with E-state index in [-0.39, 0.29) is 11.2 Å². The van der Waals surface area contributed by atoms with Crippen molar-refractivity contribution in [3.8, 4) is 11.5 Å². The predicted octanol–water partition coefficient (Wildman–Crippen LogP) is 7.93. The Labute approximate surface area is 197 Å².